The maximum absolute atomic E-state index is 5.28. The third-order valence-electron chi connectivity index (χ3n) is 1.26. The minimum absolute atomic E-state index is 0.178. The van der Waals surface area contributed by atoms with Gasteiger partial charge in [0, 0.05) is 0 Å². The van der Waals surface area contributed by atoms with Crippen molar-refractivity contribution in [3.8, 4) is 5.88 Å². The summed E-state index contributed by atoms with van der Waals surface area (Å²) in [5, 5.41) is 2.88. The van der Waals surface area contributed by atoms with Gasteiger partial charge in [0.15, 0.2) is 5.11 Å². The summed E-state index contributed by atoms with van der Waals surface area (Å²) in [6, 6.07) is 3.54. The van der Waals surface area contributed by atoms with Crippen molar-refractivity contribution in [3.63, 3.8) is 0 Å². The van der Waals surface area contributed by atoms with E-state index in [4.69, 9.17) is 10.5 Å². The van der Waals surface area contributed by atoms with Crippen molar-refractivity contribution >= 4 is 39.1 Å². The number of aromatic nitrogens is 1. The Hall–Kier alpha value is -0.880. The molecular weight excluding hydrogens is 278 g/mol. The summed E-state index contributed by atoms with van der Waals surface area (Å²) in [6.45, 7) is 4.00. The number of hydrogen-bond donors (Lipinski definition) is 2. The molecule has 0 atom stereocenters. The zero-order valence-electron chi connectivity index (χ0n) is 8.87. The fourth-order valence-corrected chi connectivity index (χ4v) is 1.25. The molecule has 0 aromatic carbocycles. The lowest BCUT2D eigenvalue weighted by atomic mass is 10.4. The number of hydrogen-bond acceptors (Lipinski definition) is 3. The first kappa shape index (κ1) is 14.1. The molecule has 15 heavy (non-hydrogen) atoms. The van der Waals surface area contributed by atoms with E-state index >= 15 is 0 Å². The van der Waals surface area contributed by atoms with Crippen LogP contribution in [0.25, 0.3) is 0 Å². The lowest BCUT2D eigenvalue weighted by Gasteiger charge is -2.05. The zero-order chi connectivity index (χ0) is 11.8. The predicted octanol–water partition coefficient (Wildman–Crippen LogP) is 2.53. The van der Waals surface area contributed by atoms with Crippen LogP contribution in [0.2, 0.25) is 0 Å². The van der Waals surface area contributed by atoms with Gasteiger partial charge in [-0.25, -0.2) is 0 Å². The van der Waals surface area contributed by atoms with Crippen molar-refractivity contribution in [1.29, 1.82) is 0 Å². The molecule has 0 saturated carbocycles. The van der Waals surface area contributed by atoms with Gasteiger partial charge >= 0.3 is 0 Å². The molecule has 3 N–H and O–H groups in total. The Balaban J connectivity index is 0.000000921. The molecule has 1 heterocycles. The van der Waals surface area contributed by atoms with Gasteiger partial charge in [-0.15, -0.1) is 0 Å². The summed E-state index contributed by atoms with van der Waals surface area (Å²) >= 11 is 7.94. The van der Waals surface area contributed by atoms with Crippen molar-refractivity contribution in [2.24, 2.45) is 5.73 Å². The van der Waals surface area contributed by atoms with Gasteiger partial charge in [-0.3, -0.25) is 0 Å². The van der Waals surface area contributed by atoms with Gasteiger partial charge in [-0.1, -0.05) is 13.8 Å². The number of thiocarbonyl (C=S) groups is 1. The molecule has 0 saturated heterocycles. The van der Waals surface area contributed by atoms with E-state index in [-0.39, 0.29) is 5.11 Å². The number of nitrogens with one attached hydrogen (secondary N) is 1. The molecule has 84 valence electrons. The van der Waals surface area contributed by atoms with Crippen LogP contribution >= 0.6 is 28.1 Å². The van der Waals surface area contributed by atoms with Crippen LogP contribution in [-0.2, 0) is 0 Å². The summed E-state index contributed by atoms with van der Waals surface area (Å²) in [6.07, 6.45) is 0. The molecule has 4 nitrogen and oxygen atoms in total. The Labute approximate surface area is 103 Å². The van der Waals surface area contributed by atoms with E-state index < -0.39 is 0 Å². The van der Waals surface area contributed by atoms with E-state index in [0.29, 0.717) is 11.7 Å². The standard InChI is InChI=1S/C7H8BrN3OS.C2H6/c1-12-6-4(8)2-3-5(10-6)11-7(9)13;1-2/h2-3H,1H3,(H3,9,10,11,13);1-2H3. The Morgan fingerprint density at radius 3 is 2.60 bits per heavy atom. The van der Waals surface area contributed by atoms with Crippen molar-refractivity contribution in [2.45, 2.75) is 13.8 Å². The highest BCUT2D eigenvalue weighted by molar-refractivity contribution is 9.10. The van der Waals surface area contributed by atoms with E-state index in [1.165, 1.54) is 7.11 Å². The van der Waals surface area contributed by atoms with Crippen LogP contribution in [-0.4, -0.2) is 17.2 Å². The number of nitrogens with zero attached hydrogens (tertiary/aromatic N) is 1. The molecule has 6 heteroatoms. The maximum Gasteiger partial charge on any atom is 0.229 e. The second-order valence-electron chi connectivity index (χ2n) is 2.18. The number of pyridine rings is 1. The maximum atomic E-state index is 5.28. The van der Waals surface area contributed by atoms with Gasteiger partial charge in [0.2, 0.25) is 5.88 Å². The van der Waals surface area contributed by atoms with Crippen LogP contribution in [0.5, 0.6) is 5.88 Å². The lowest BCUT2D eigenvalue weighted by molar-refractivity contribution is 0.396. The highest BCUT2D eigenvalue weighted by atomic mass is 79.9. The normalized spacial score (nSPS) is 8.53. The molecule has 0 spiro atoms. The van der Waals surface area contributed by atoms with E-state index in [2.05, 4.69) is 38.4 Å². The Morgan fingerprint density at radius 2 is 2.13 bits per heavy atom. The van der Waals surface area contributed by atoms with E-state index in [0.717, 1.165) is 4.47 Å². The number of ether oxygens (including phenoxy) is 1. The summed E-state index contributed by atoms with van der Waals surface area (Å²) in [4.78, 5) is 4.08. The van der Waals surface area contributed by atoms with E-state index in [1.54, 1.807) is 12.1 Å². The van der Waals surface area contributed by atoms with Crippen LogP contribution in [0.3, 0.4) is 0 Å². The molecule has 0 radical (unpaired) electrons. The Bertz CT molecular complexity index is 333. The number of rotatable bonds is 2. The van der Waals surface area contributed by atoms with Crippen LogP contribution in [0, 0.1) is 0 Å². The first-order valence-electron chi connectivity index (χ1n) is 4.40. The van der Waals surface area contributed by atoms with Crippen LogP contribution in [0.1, 0.15) is 13.8 Å². The van der Waals surface area contributed by atoms with Crippen LogP contribution < -0.4 is 15.8 Å². The first-order valence-corrected chi connectivity index (χ1v) is 5.60. The van der Waals surface area contributed by atoms with Crippen molar-refractivity contribution in [2.75, 3.05) is 12.4 Å². The third kappa shape index (κ3) is 4.94. The van der Waals surface area contributed by atoms with Crippen LogP contribution in [0.15, 0.2) is 16.6 Å². The van der Waals surface area contributed by atoms with Crippen molar-refractivity contribution < 1.29 is 4.74 Å². The molecular formula is C9H14BrN3OS. The first-order chi connectivity index (χ1) is 7.13. The fraction of sp³-hybridized carbons (Fsp3) is 0.333. The van der Waals surface area contributed by atoms with Crippen molar-refractivity contribution in [1.82, 2.24) is 4.98 Å². The minimum atomic E-state index is 0.178. The fourth-order valence-electron chi connectivity index (χ4n) is 0.762. The average Bonchev–Trinajstić information content (AvgIpc) is 2.23. The Kier molecular flexibility index (Phi) is 6.98. The molecule has 1 aromatic rings. The summed E-state index contributed by atoms with van der Waals surface area (Å²) in [7, 11) is 1.54. The summed E-state index contributed by atoms with van der Waals surface area (Å²) < 4.78 is 5.77. The summed E-state index contributed by atoms with van der Waals surface area (Å²) in [5.74, 6) is 1.05. The van der Waals surface area contributed by atoms with Gasteiger partial charge < -0.3 is 15.8 Å². The average molecular weight is 292 g/mol. The quantitative estimate of drug-likeness (QED) is 0.820. The van der Waals surface area contributed by atoms with Crippen molar-refractivity contribution in [3.05, 3.63) is 16.6 Å². The molecule has 0 aliphatic heterocycles. The van der Waals surface area contributed by atoms with Gasteiger partial charge in [-0.05, 0) is 40.3 Å². The molecule has 0 amide bonds. The smallest absolute Gasteiger partial charge is 0.229 e. The van der Waals surface area contributed by atoms with Crippen LogP contribution in [0.4, 0.5) is 5.82 Å². The van der Waals surface area contributed by atoms with Gasteiger partial charge in [0.25, 0.3) is 0 Å². The van der Waals surface area contributed by atoms with Gasteiger partial charge in [0.05, 0.1) is 11.6 Å². The molecule has 0 bridgehead atoms. The minimum Gasteiger partial charge on any atom is -0.480 e. The third-order valence-corrected chi connectivity index (χ3v) is 1.96. The number of nitrogens with two attached hydrogens (primary N) is 1. The number of anilines is 1. The predicted molar refractivity (Wildman–Crippen MR) is 70.2 cm³/mol. The molecule has 1 aromatic heterocycles. The highest BCUT2D eigenvalue weighted by Crippen LogP contribution is 2.23. The monoisotopic (exact) mass is 291 g/mol. The van der Waals surface area contributed by atoms with E-state index in [9.17, 15) is 0 Å². The second kappa shape index (κ2) is 7.42. The SMILES string of the molecule is CC.COc1nc(NC(N)=S)ccc1Br. The molecule has 0 aliphatic rings. The van der Waals surface area contributed by atoms with Gasteiger partial charge in [-0.2, -0.15) is 4.98 Å². The molecule has 0 aliphatic carbocycles. The number of methoxy groups -OCH3 is 1. The molecule has 0 unspecified atom stereocenters. The zero-order valence-corrected chi connectivity index (χ0v) is 11.3. The largest absolute Gasteiger partial charge is 0.480 e. The number of halogens is 1. The summed E-state index contributed by atoms with van der Waals surface area (Å²) in [5.41, 5.74) is 5.28. The molecule has 1 rings (SSSR count). The highest BCUT2D eigenvalue weighted by Gasteiger charge is 2.02. The Morgan fingerprint density at radius 1 is 1.53 bits per heavy atom. The topological polar surface area (TPSA) is 60.2 Å². The van der Waals surface area contributed by atoms with E-state index in [1.807, 2.05) is 13.8 Å². The lowest BCUT2D eigenvalue weighted by Crippen LogP contribution is -2.19. The molecule has 0 fully saturated rings. The second-order valence-corrected chi connectivity index (χ2v) is 3.47. The van der Waals surface area contributed by atoms with Gasteiger partial charge in [0.1, 0.15) is 5.82 Å².